The molecule has 0 atom stereocenters. The first-order chi connectivity index (χ1) is 9.33. The first kappa shape index (κ1) is 15.6. The Labute approximate surface area is 124 Å². The number of phenolic OH excluding ortho intramolecular Hbond substituents is 1. The van der Waals surface area contributed by atoms with Crippen LogP contribution in [0.5, 0.6) is 5.75 Å². The zero-order valence-electron chi connectivity index (χ0n) is 10.8. The second-order valence-corrected chi connectivity index (χ2v) is 5.86. The lowest BCUT2D eigenvalue weighted by Gasteiger charge is -2.35. The van der Waals surface area contributed by atoms with E-state index >= 15 is 0 Å². The molecule has 0 bridgehead atoms. The van der Waals surface area contributed by atoms with Crippen molar-refractivity contribution >= 4 is 15.9 Å². The fourth-order valence-corrected chi connectivity index (χ4v) is 2.69. The Balaban J connectivity index is 1.87. The van der Waals surface area contributed by atoms with Crippen LogP contribution in [0.4, 0.5) is 13.2 Å². The third-order valence-corrected chi connectivity index (χ3v) is 3.80. The highest BCUT2D eigenvalue weighted by atomic mass is 79.9. The zero-order valence-corrected chi connectivity index (χ0v) is 12.4. The van der Waals surface area contributed by atoms with Crippen LogP contribution in [0.15, 0.2) is 22.7 Å². The Morgan fingerprint density at radius 1 is 1.10 bits per heavy atom. The number of phenols is 1. The van der Waals surface area contributed by atoms with Crippen molar-refractivity contribution in [3.8, 4) is 5.75 Å². The van der Waals surface area contributed by atoms with Crippen LogP contribution in [-0.2, 0) is 6.54 Å². The van der Waals surface area contributed by atoms with Crippen LogP contribution in [0.2, 0.25) is 0 Å². The van der Waals surface area contributed by atoms with Gasteiger partial charge in [0.05, 0.1) is 6.54 Å². The molecule has 1 N–H and O–H groups in total. The second-order valence-electron chi connectivity index (χ2n) is 4.94. The van der Waals surface area contributed by atoms with Gasteiger partial charge in [-0.15, -0.1) is 0 Å². The summed E-state index contributed by atoms with van der Waals surface area (Å²) in [5.41, 5.74) is 0.781. The lowest BCUT2D eigenvalue weighted by atomic mass is 10.1. The number of rotatable bonds is 3. The van der Waals surface area contributed by atoms with Gasteiger partial charge in [-0.25, -0.2) is 0 Å². The minimum absolute atomic E-state index is 0.214. The third kappa shape index (κ3) is 4.64. The Morgan fingerprint density at radius 3 is 2.30 bits per heavy atom. The Hall–Kier alpha value is -0.790. The van der Waals surface area contributed by atoms with Crippen LogP contribution in [0.25, 0.3) is 0 Å². The molecule has 1 aromatic carbocycles. The molecule has 2 rings (SSSR count). The van der Waals surface area contributed by atoms with Crippen LogP contribution >= 0.6 is 15.9 Å². The van der Waals surface area contributed by atoms with Gasteiger partial charge in [0.25, 0.3) is 0 Å². The molecule has 1 aliphatic heterocycles. The Morgan fingerprint density at radius 2 is 1.70 bits per heavy atom. The van der Waals surface area contributed by atoms with Gasteiger partial charge in [-0.2, -0.15) is 13.2 Å². The first-order valence-corrected chi connectivity index (χ1v) is 7.12. The van der Waals surface area contributed by atoms with Crippen LogP contribution in [0.3, 0.4) is 0 Å². The summed E-state index contributed by atoms with van der Waals surface area (Å²) in [4.78, 5) is 3.46. The molecule has 1 fully saturated rings. The Kier molecular flexibility index (Phi) is 4.93. The second kappa shape index (κ2) is 6.32. The lowest BCUT2D eigenvalue weighted by Crippen LogP contribution is -2.48. The fraction of sp³-hybridized carbons (Fsp3) is 0.538. The molecule has 3 nitrogen and oxygen atoms in total. The number of halogens is 4. The minimum Gasteiger partial charge on any atom is -0.508 e. The summed E-state index contributed by atoms with van der Waals surface area (Å²) in [5, 5.41) is 9.76. The molecule has 1 aliphatic rings. The van der Waals surface area contributed by atoms with Gasteiger partial charge in [-0.1, -0.05) is 15.9 Å². The summed E-state index contributed by atoms with van der Waals surface area (Å²) >= 11 is 3.34. The molecule has 0 aliphatic carbocycles. The molecule has 1 heterocycles. The summed E-state index contributed by atoms with van der Waals surface area (Å²) in [6.07, 6.45) is -4.13. The molecule has 1 aromatic rings. The summed E-state index contributed by atoms with van der Waals surface area (Å²) in [6, 6.07) is 5.19. The minimum atomic E-state index is -4.13. The van der Waals surface area contributed by atoms with E-state index in [9.17, 15) is 18.3 Å². The number of nitrogens with zero attached hydrogens (tertiary/aromatic N) is 2. The molecule has 0 radical (unpaired) electrons. The zero-order chi connectivity index (χ0) is 14.8. The van der Waals surface area contributed by atoms with Gasteiger partial charge in [0.15, 0.2) is 0 Å². The monoisotopic (exact) mass is 352 g/mol. The highest BCUT2D eigenvalue weighted by Gasteiger charge is 2.32. The highest BCUT2D eigenvalue weighted by molar-refractivity contribution is 9.10. The van der Waals surface area contributed by atoms with Crippen molar-refractivity contribution in [2.45, 2.75) is 12.7 Å². The van der Waals surface area contributed by atoms with Crippen molar-refractivity contribution < 1.29 is 18.3 Å². The van der Waals surface area contributed by atoms with Crippen LogP contribution in [-0.4, -0.2) is 53.8 Å². The first-order valence-electron chi connectivity index (χ1n) is 6.32. The SMILES string of the molecule is Oc1ccc(Br)cc1CN1CCN(CC(F)(F)F)CC1. The molecule has 1 saturated heterocycles. The van der Waals surface area contributed by atoms with Crippen LogP contribution in [0, 0.1) is 0 Å². The highest BCUT2D eigenvalue weighted by Crippen LogP contribution is 2.24. The average molecular weight is 353 g/mol. The maximum absolute atomic E-state index is 12.3. The van der Waals surface area contributed by atoms with E-state index in [0.717, 1.165) is 10.0 Å². The Bertz CT molecular complexity index is 459. The number of alkyl halides is 3. The molecule has 0 spiro atoms. The summed E-state index contributed by atoms with van der Waals surface area (Å²) in [6.45, 7) is 1.64. The van der Waals surface area contributed by atoms with Gasteiger partial charge in [0, 0.05) is 42.8 Å². The molecule has 0 amide bonds. The van der Waals surface area contributed by atoms with Crippen molar-refractivity contribution in [1.29, 1.82) is 0 Å². The van der Waals surface area contributed by atoms with Crippen molar-refractivity contribution in [1.82, 2.24) is 9.80 Å². The molecular weight excluding hydrogens is 337 g/mol. The number of hydrogen-bond acceptors (Lipinski definition) is 3. The molecule has 0 unspecified atom stereocenters. The standard InChI is InChI=1S/C13H16BrF3N2O/c14-11-1-2-12(20)10(7-11)8-18-3-5-19(6-4-18)9-13(15,16)17/h1-2,7,20H,3-6,8-9H2. The normalized spacial score (nSPS) is 18.4. The maximum Gasteiger partial charge on any atom is 0.401 e. The van der Waals surface area contributed by atoms with E-state index in [2.05, 4.69) is 15.9 Å². The number of benzene rings is 1. The maximum atomic E-state index is 12.3. The average Bonchev–Trinajstić information content (AvgIpc) is 2.34. The summed E-state index contributed by atoms with van der Waals surface area (Å²) in [5.74, 6) is 0.214. The summed E-state index contributed by atoms with van der Waals surface area (Å²) < 4.78 is 37.7. The fourth-order valence-electron chi connectivity index (χ4n) is 2.28. The number of piperazine rings is 1. The lowest BCUT2D eigenvalue weighted by molar-refractivity contribution is -0.149. The van der Waals surface area contributed by atoms with E-state index in [1.54, 1.807) is 12.1 Å². The predicted octanol–water partition coefficient (Wildman–Crippen LogP) is 2.83. The van der Waals surface area contributed by atoms with E-state index in [1.165, 1.54) is 4.90 Å². The molecule has 112 valence electrons. The van der Waals surface area contributed by atoms with Crippen molar-refractivity contribution in [3.63, 3.8) is 0 Å². The predicted molar refractivity (Wildman–Crippen MR) is 73.6 cm³/mol. The van der Waals surface area contributed by atoms with E-state index < -0.39 is 12.7 Å². The molecule has 7 heteroatoms. The van der Waals surface area contributed by atoms with E-state index in [-0.39, 0.29) is 5.75 Å². The number of hydrogen-bond donors (Lipinski definition) is 1. The van der Waals surface area contributed by atoms with Gasteiger partial charge in [0.2, 0.25) is 0 Å². The molecule has 0 aromatic heterocycles. The van der Waals surface area contributed by atoms with Crippen molar-refractivity contribution in [2.24, 2.45) is 0 Å². The van der Waals surface area contributed by atoms with E-state index in [4.69, 9.17) is 0 Å². The molecule has 0 saturated carbocycles. The quantitative estimate of drug-likeness (QED) is 0.906. The molecular formula is C13H16BrF3N2O. The third-order valence-electron chi connectivity index (χ3n) is 3.30. The molecule has 20 heavy (non-hydrogen) atoms. The van der Waals surface area contributed by atoms with Crippen LogP contribution in [0.1, 0.15) is 5.56 Å². The van der Waals surface area contributed by atoms with E-state index in [1.807, 2.05) is 11.0 Å². The number of aromatic hydroxyl groups is 1. The van der Waals surface area contributed by atoms with Gasteiger partial charge in [-0.05, 0) is 18.2 Å². The summed E-state index contributed by atoms with van der Waals surface area (Å²) in [7, 11) is 0. The van der Waals surface area contributed by atoms with Crippen LogP contribution < -0.4 is 0 Å². The van der Waals surface area contributed by atoms with Gasteiger partial charge < -0.3 is 5.11 Å². The van der Waals surface area contributed by atoms with Crippen molar-refractivity contribution in [2.75, 3.05) is 32.7 Å². The topological polar surface area (TPSA) is 26.7 Å². The van der Waals surface area contributed by atoms with Gasteiger partial charge in [0.1, 0.15) is 5.75 Å². The largest absolute Gasteiger partial charge is 0.508 e. The smallest absolute Gasteiger partial charge is 0.401 e. The van der Waals surface area contributed by atoms with Gasteiger partial charge >= 0.3 is 6.18 Å². The van der Waals surface area contributed by atoms with E-state index in [0.29, 0.717) is 32.7 Å². The van der Waals surface area contributed by atoms with Crippen molar-refractivity contribution in [3.05, 3.63) is 28.2 Å². The van der Waals surface area contributed by atoms with Gasteiger partial charge in [-0.3, -0.25) is 9.80 Å².